The topological polar surface area (TPSA) is 102 Å². The molecule has 0 unspecified atom stereocenters. The summed E-state index contributed by atoms with van der Waals surface area (Å²) >= 11 is 0. The van der Waals surface area contributed by atoms with Crippen LogP contribution in [0.3, 0.4) is 0 Å². The number of nitrogens with one attached hydrogen (secondary N) is 1. The number of ether oxygens (including phenoxy) is 2. The third-order valence-corrected chi connectivity index (χ3v) is 3.71. The molecule has 0 aliphatic heterocycles. The number of carboxylic acid groups (broad SMARTS) is 1. The second kappa shape index (κ2) is 6.39. The van der Waals surface area contributed by atoms with E-state index in [1.165, 1.54) is 32.4 Å². The molecule has 0 saturated carbocycles. The molecule has 0 radical (unpaired) electrons. The Morgan fingerprint density at radius 2 is 1.74 bits per heavy atom. The first kappa shape index (κ1) is 15.3. The average Bonchev–Trinajstić information content (AvgIpc) is 2.37. The average molecular weight is 289 g/mol. The lowest BCUT2D eigenvalue weighted by molar-refractivity contribution is -0.136. The fraction of sp³-hybridized carbons (Fsp3) is 0.364. The molecule has 8 heteroatoms. The molecule has 7 nitrogen and oxygen atoms in total. The van der Waals surface area contributed by atoms with Gasteiger partial charge in [0.05, 0.1) is 25.5 Å². The van der Waals surface area contributed by atoms with Gasteiger partial charge in [-0.25, -0.2) is 13.1 Å². The number of hydrogen-bond donors (Lipinski definition) is 2. The lowest BCUT2D eigenvalue weighted by Crippen LogP contribution is -2.26. The van der Waals surface area contributed by atoms with Crippen molar-refractivity contribution in [1.82, 2.24) is 4.72 Å². The molecular formula is C11H15NO6S. The summed E-state index contributed by atoms with van der Waals surface area (Å²) in [5.41, 5.74) is 0. The van der Waals surface area contributed by atoms with Crippen molar-refractivity contribution in [3.63, 3.8) is 0 Å². The maximum Gasteiger partial charge on any atom is 0.304 e. The van der Waals surface area contributed by atoms with Crippen LogP contribution in [0.4, 0.5) is 0 Å². The summed E-state index contributed by atoms with van der Waals surface area (Å²) in [6.07, 6.45) is -0.291. The normalized spacial score (nSPS) is 11.1. The SMILES string of the molecule is COc1cc(OC)cc(S(=O)(=O)NCCC(=O)O)c1. The van der Waals surface area contributed by atoms with E-state index in [1.807, 2.05) is 0 Å². The maximum atomic E-state index is 11.9. The van der Waals surface area contributed by atoms with Crippen LogP contribution in [0.25, 0.3) is 0 Å². The highest BCUT2D eigenvalue weighted by Crippen LogP contribution is 2.25. The molecule has 0 fully saturated rings. The first-order valence-electron chi connectivity index (χ1n) is 5.33. The molecule has 2 N–H and O–H groups in total. The van der Waals surface area contributed by atoms with Gasteiger partial charge in [-0.15, -0.1) is 0 Å². The van der Waals surface area contributed by atoms with E-state index < -0.39 is 16.0 Å². The minimum Gasteiger partial charge on any atom is -0.497 e. The summed E-state index contributed by atoms with van der Waals surface area (Å²) in [7, 11) is -0.983. The first-order valence-corrected chi connectivity index (χ1v) is 6.82. The Labute approximate surface area is 111 Å². The number of aliphatic carboxylic acids is 1. The zero-order valence-electron chi connectivity index (χ0n) is 10.5. The zero-order valence-corrected chi connectivity index (χ0v) is 11.4. The Bertz CT molecular complexity index is 532. The van der Waals surface area contributed by atoms with Gasteiger partial charge in [0.2, 0.25) is 10.0 Å². The van der Waals surface area contributed by atoms with Gasteiger partial charge >= 0.3 is 5.97 Å². The quantitative estimate of drug-likeness (QED) is 0.756. The lowest BCUT2D eigenvalue weighted by atomic mass is 10.3. The van der Waals surface area contributed by atoms with Crippen LogP contribution < -0.4 is 14.2 Å². The van der Waals surface area contributed by atoms with Crippen molar-refractivity contribution in [3.05, 3.63) is 18.2 Å². The Morgan fingerprint density at radius 3 is 2.16 bits per heavy atom. The van der Waals surface area contributed by atoms with Gasteiger partial charge in [0, 0.05) is 24.7 Å². The smallest absolute Gasteiger partial charge is 0.304 e. The van der Waals surface area contributed by atoms with E-state index >= 15 is 0 Å². The van der Waals surface area contributed by atoms with Crippen LogP contribution in [0.1, 0.15) is 6.42 Å². The molecule has 0 atom stereocenters. The van der Waals surface area contributed by atoms with E-state index in [0.717, 1.165) is 0 Å². The molecule has 106 valence electrons. The fourth-order valence-corrected chi connectivity index (χ4v) is 2.39. The Kier molecular flexibility index (Phi) is 5.13. The molecule has 0 bridgehead atoms. The van der Waals surface area contributed by atoms with Crippen molar-refractivity contribution in [2.45, 2.75) is 11.3 Å². The van der Waals surface area contributed by atoms with Crippen molar-refractivity contribution >= 4 is 16.0 Å². The minimum absolute atomic E-state index is 0.0471. The summed E-state index contributed by atoms with van der Waals surface area (Å²) in [5, 5.41) is 8.47. The number of methoxy groups -OCH3 is 2. The van der Waals surface area contributed by atoms with E-state index in [0.29, 0.717) is 11.5 Å². The van der Waals surface area contributed by atoms with Gasteiger partial charge in [-0.2, -0.15) is 0 Å². The Morgan fingerprint density at radius 1 is 1.21 bits per heavy atom. The molecule has 1 aromatic carbocycles. The predicted octanol–water partition coefficient (Wildman–Crippen LogP) is 0.457. The third-order valence-electron chi connectivity index (χ3n) is 2.27. The zero-order chi connectivity index (χ0) is 14.5. The summed E-state index contributed by atoms with van der Waals surface area (Å²) in [6, 6.07) is 4.19. The fourth-order valence-electron chi connectivity index (χ4n) is 1.31. The number of sulfonamides is 1. The standard InChI is InChI=1S/C11H15NO6S/c1-17-8-5-9(18-2)7-10(6-8)19(15,16)12-4-3-11(13)14/h5-7,12H,3-4H2,1-2H3,(H,13,14). The van der Waals surface area contributed by atoms with Crippen LogP contribution in [-0.4, -0.2) is 40.3 Å². The molecule has 0 heterocycles. The summed E-state index contributed by atoms with van der Waals surface area (Å²) in [5.74, 6) is -0.415. The van der Waals surface area contributed by atoms with Crippen LogP contribution in [-0.2, 0) is 14.8 Å². The van der Waals surface area contributed by atoms with Gasteiger partial charge in [0.25, 0.3) is 0 Å². The largest absolute Gasteiger partial charge is 0.497 e. The van der Waals surface area contributed by atoms with Crippen molar-refractivity contribution in [3.8, 4) is 11.5 Å². The van der Waals surface area contributed by atoms with Crippen molar-refractivity contribution in [2.24, 2.45) is 0 Å². The molecule has 1 rings (SSSR count). The Balaban J connectivity index is 2.96. The van der Waals surface area contributed by atoms with Gasteiger partial charge in [-0.1, -0.05) is 0 Å². The molecule has 19 heavy (non-hydrogen) atoms. The van der Waals surface area contributed by atoms with Gasteiger partial charge in [0.1, 0.15) is 11.5 Å². The summed E-state index contributed by atoms with van der Waals surface area (Å²) < 4.78 is 36.0. The van der Waals surface area contributed by atoms with Gasteiger partial charge in [0.15, 0.2) is 0 Å². The van der Waals surface area contributed by atoms with E-state index in [1.54, 1.807) is 0 Å². The third kappa shape index (κ3) is 4.42. The van der Waals surface area contributed by atoms with Gasteiger partial charge in [-0.3, -0.25) is 4.79 Å². The number of rotatable bonds is 7. The van der Waals surface area contributed by atoms with Crippen LogP contribution in [0.2, 0.25) is 0 Å². The van der Waals surface area contributed by atoms with Gasteiger partial charge in [-0.05, 0) is 0 Å². The summed E-state index contributed by atoms with van der Waals surface area (Å²) in [6.45, 7) is -0.183. The van der Waals surface area contributed by atoms with Crippen LogP contribution in [0.5, 0.6) is 11.5 Å². The first-order chi connectivity index (χ1) is 8.89. The molecule has 1 aromatic rings. The van der Waals surface area contributed by atoms with Crippen LogP contribution >= 0.6 is 0 Å². The van der Waals surface area contributed by atoms with Gasteiger partial charge < -0.3 is 14.6 Å². The van der Waals surface area contributed by atoms with Crippen LogP contribution in [0, 0.1) is 0 Å². The van der Waals surface area contributed by atoms with E-state index in [9.17, 15) is 13.2 Å². The molecule has 0 aliphatic carbocycles. The van der Waals surface area contributed by atoms with E-state index in [4.69, 9.17) is 14.6 Å². The van der Waals surface area contributed by atoms with E-state index in [-0.39, 0.29) is 17.9 Å². The highest BCUT2D eigenvalue weighted by molar-refractivity contribution is 7.89. The minimum atomic E-state index is -3.79. The molecular weight excluding hydrogens is 274 g/mol. The van der Waals surface area contributed by atoms with Crippen LogP contribution in [0.15, 0.2) is 23.1 Å². The van der Waals surface area contributed by atoms with E-state index in [2.05, 4.69) is 4.72 Å². The predicted molar refractivity (Wildman–Crippen MR) is 67.0 cm³/mol. The Hall–Kier alpha value is -1.80. The second-order valence-electron chi connectivity index (χ2n) is 3.59. The lowest BCUT2D eigenvalue weighted by Gasteiger charge is -2.09. The maximum absolute atomic E-state index is 11.9. The number of hydrogen-bond acceptors (Lipinski definition) is 5. The van der Waals surface area contributed by atoms with Crippen molar-refractivity contribution < 1.29 is 27.8 Å². The highest BCUT2D eigenvalue weighted by atomic mass is 32.2. The monoisotopic (exact) mass is 289 g/mol. The number of carbonyl (C=O) groups is 1. The highest BCUT2D eigenvalue weighted by Gasteiger charge is 2.16. The van der Waals surface area contributed by atoms with Crippen molar-refractivity contribution in [1.29, 1.82) is 0 Å². The molecule has 0 saturated heterocycles. The second-order valence-corrected chi connectivity index (χ2v) is 5.36. The molecule has 0 aromatic heterocycles. The molecule has 0 aliphatic rings. The summed E-state index contributed by atoms with van der Waals surface area (Å²) in [4.78, 5) is 10.3. The number of carboxylic acids is 1. The molecule has 0 amide bonds. The number of benzene rings is 1. The molecule has 0 spiro atoms. The van der Waals surface area contributed by atoms with Crippen molar-refractivity contribution in [2.75, 3.05) is 20.8 Å².